The van der Waals surface area contributed by atoms with Gasteiger partial charge in [0, 0.05) is 56.9 Å². The fourth-order valence-corrected chi connectivity index (χ4v) is 6.87. The van der Waals surface area contributed by atoms with Crippen LogP contribution in [0.4, 0.5) is 28.4 Å². The number of para-hydroxylation sites is 1. The average Bonchev–Trinajstić information content (AvgIpc) is 3.22. The molecule has 10 nitrogen and oxygen atoms in total. The van der Waals surface area contributed by atoms with Gasteiger partial charge in [0.1, 0.15) is 6.04 Å². The number of hydroxylamine groups is 2. The van der Waals surface area contributed by atoms with Crippen molar-refractivity contribution in [2.24, 2.45) is 0 Å². The van der Waals surface area contributed by atoms with Gasteiger partial charge < -0.3 is 30.2 Å². The highest BCUT2D eigenvalue weighted by Gasteiger charge is 2.35. The van der Waals surface area contributed by atoms with Crippen molar-refractivity contribution in [2.75, 3.05) is 52.1 Å². The van der Waals surface area contributed by atoms with Gasteiger partial charge in [0.05, 0.1) is 5.56 Å². The van der Waals surface area contributed by atoms with Gasteiger partial charge in [-0.2, -0.15) is 13.2 Å². The molecule has 3 aliphatic rings. The molecule has 2 aromatic carbocycles. The number of piperidine rings is 2. The molecule has 0 aliphatic carbocycles. The Labute approximate surface area is 274 Å². The van der Waals surface area contributed by atoms with Crippen LogP contribution in [-0.2, 0) is 35.1 Å². The van der Waals surface area contributed by atoms with Crippen LogP contribution in [0.2, 0.25) is 0 Å². The van der Waals surface area contributed by atoms with Gasteiger partial charge >= 0.3 is 18.3 Å². The van der Waals surface area contributed by atoms with E-state index in [1.807, 2.05) is 43.3 Å². The highest BCUT2D eigenvalue weighted by atomic mass is 19.4. The Morgan fingerprint density at radius 3 is 2.38 bits per heavy atom. The van der Waals surface area contributed by atoms with Crippen LogP contribution in [0.15, 0.2) is 42.5 Å². The van der Waals surface area contributed by atoms with Crippen LogP contribution in [0.5, 0.6) is 0 Å². The summed E-state index contributed by atoms with van der Waals surface area (Å²) in [6.07, 6.45) is -1.55. The number of likely N-dealkylation sites (tertiary alicyclic amines) is 1. The van der Waals surface area contributed by atoms with Crippen molar-refractivity contribution in [3.05, 3.63) is 64.7 Å². The highest BCUT2D eigenvalue weighted by molar-refractivity contribution is 5.91. The number of rotatable bonds is 8. The van der Waals surface area contributed by atoms with Gasteiger partial charge in [-0.15, -0.1) is 5.06 Å². The number of fused-ring (bicyclic) bond motifs is 1. The molecule has 13 heteroatoms. The highest BCUT2D eigenvalue weighted by Crippen LogP contribution is 2.33. The molecule has 2 aromatic rings. The molecule has 4 amide bonds. The summed E-state index contributed by atoms with van der Waals surface area (Å²) in [6.45, 7) is 4.10. The van der Waals surface area contributed by atoms with Gasteiger partial charge in [0.2, 0.25) is 5.91 Å². The molecular formula is C34H45F3N6O4. The number of benzene rings is 2. The number of nitrogens with zero attached hydrogens (tertiary/aromatic N) is 4. The summed E-state index contributed by atoms with van der Waals surface area (Å²) >= 11 is 0. The first kappa shape index (κ1) is 34.5. The molecule has 5 rings (SSSR count). The number of hydrogen-bond donors (Lipinski definition) is 2. The molecule has 256 valence electrons. The third-order valence-corrected chi connectivity index (χ3v) is 9.61. The number of nitrogens with one attached hydrogen (secondary N) is 2. The largest absolute Gasteiger partial charge is 0.426 e. The molecule has 2 saturated heterocycles. The van der Waals surface area contributed by atoms with Crippen molar-refractivity contribution in [3.63, 3.8) is 0 Å². The molecular weight excluding hydrogens is 613 g/mol. The average molecular weight is 659 g/mol. The van der Waals surface area contributed by atoms with Crippen LogP contribution in [0.1, 0.15) is 54.9 Å². The van der Waals surface area contributed by atoms with Crippen LogP contribution in [0, 0.1) is 0 Å². The lowest BCUT2D eigenvalue weighted by Gasteiger charge is -2.38. The third-order valence-electron chi connectivity index (χ3n) is 9.61. The van der Waals surface area contributed by atoms with Gasteiger partial charge in [-0.05, 0) is 81.4 Å². The quantitative estimate of drug-likeness (QED) is 0.418. The minimum absolute atomic E-state index is 0.0147. The van der Waals surface area contributed by atoms with Crippen LogP contribution >= 0.6 is 0 Å². The van der Waals surface area contributed by atoms with E-state index in [0.29, 0.717) is 57.2 Å². The number of carbonyl (C=O) groups is 3. The molecule has 0 spiro atoms. The second-order valence-corrected chi connectivity index (χ2v) is 12.8. The third kappa shape index (κ3) is 8.55. The van der Waals surface area contributed by atoms with Gasteiger partial charge in [-0.3, -0.25) is 4.79 Å². The maximum Gasteiger partial charge on any atom is 0.426 e. The van der Waals surface area contributed by atoms with Crippen molar-refractivity contribution in [2.45, 2.75) is 76.2 Å². The van der Waals surface area contributed by atoms with E-state index in [4.69, 9.17) is 4.84 Å². The first-order chi connectivity index (χ1) is 22.4. The molecule has 47 heavy (non-hydrogen) atoms. The Balaban J connectivity index is 1.21. The molecule has 3 aliphatic heterocycles. The van der Waals surface area contributed by atoms with Crippen LogP contribution in [0.3, 0.4) is 0 Å². The predicted octanol–water partition coefficient (Wildman–Crippen LogP) is 4.93. The molecule has 0 aromatic heterocycles. The van der Waals surface area contributed by atoms with E-state index in [-0.39, 0.29) is 36.4 Å². The summed E-state index contributed by atoms with van der Waals surface area (Å²) in [7, 11) is 4.01. The summed E-state index contributed by atoms with van der Waals surface area (Å²) in [6, 6.07) is 10.8. The topological polar surface area (TPSA) is 97.5 Å². The molecule has 1 atom stereocenters. The molecule has 2 N–H and O–H groups in total. The maximum absolute atomic E-state index is 13.8. The minimum atomic E-state index is -4.48. The van der Waals surface area contributed by atoms with E-state index in [1.54, 1.807) is 11.8 Å². The summed E-state index contributed by atoms with van der Waals surface area (Å²) in [5, 5.41) is 7.26. The number of amides is 4. The number of halogens is 3. The van der Waals surface area contributed by atoms with E-state index in [1.165, 1.54) is 17.2 Å². The summed E-state index contributed by atoms with van der Waals surface area (Å²) in [5.41, 5.74) is 1.88. The standard InChI is InChI=1S/C34H45F3N6O4/c1-4-24-21-23(9-10-28(24)34(35,36)37)22-30(31(44)41-16-12-26(13-17-41)40(2)3)39-33(46)47-42-18-14-27(15-19-42)43-20-11-25-7-5-6-8-29(25)38-32(43)45/h5-10,21,26-27,30H,4,11-20,22H2,1-3H3,(H,38,45)(H,39,46)/t30-/m1/s1. The van der Waals surface area contributed by atoms with E-state index >= 15 is 0 Å². The van der Waals surface area contributed by atoms with Crippen LogP contribution in [0.25, 0.3) is 0 Å². The first-order valence-electron chi connectivity index (χ1n) is 16.5. The fraction of sp³-hybridized carbons (Fsp3) is 0.559. The second-order valence-electron chi connectivity index (χ2n) is 12.8. The summed E-state index contributed by atoms with van der Waals surface area (Å²) < 4.78 is 40.6. The van der Waals surface area contributed by atoms with Crippen LogP contribution in [-0.4, -0.2) is 103 Å². The predicted molar refractivity (Wildman–Crippen MR) is 172 cm³/mol. The number of alkyl halides is 3. The zero-order chi connectivity index (χ0) is 33.7. The minimum Gasteiger partial charge on any atom is -0.351 e. The summed E-state index contributed by atoms with van der Waals surface area (Å²) in [4.78, 5) is 51.2. The van der Waals surface area contributed by atoms with Gasteiger partial charge in [-0.25, -0.2) is 9.59 Å². The first-order valence-corrected chi connectivity index (χ1v) is 16.5. The maximum atomic E-state index is 13.8. The smallest absolute Gasteiger partial charge is 0.351 e. The zero-order valence-electron chi connectivity index (χ0n) is 27.3. The molecule has 0 radical (unpaired) electrons. The Kier molecular flexibility index (Phi) is 11.0. The van der Waals surface area contributed by atoms with E-state index in [0.717, 1.165) is 36.6 Å². The molecule has 0 saturated carbocycles. The normalized spacial score (nSPS) is 19.2. The van der Waals surface area contributed by atoms with Crippen molar-refractivity contribution in [3.8, 4) is 0 Å². The van der Waals surface area contributed by atoms with Crippen molar-refractivity contribution in [1.29, 1.82) is 0 Å². The lowest BCUT2D eigenvalue weighted by atomic mass is 9.96. The number of urea groups is 1. The zero-order valence-corrected chi connectivity index (χ0v) is 27.3. The molecule has 0 bridgehead atoms. The lowest BCUT2D eigenvalue weighted by molar-refractivity contribution is -0.138. The Bertz CT molecular complexity index is 1420. The lowest BCUT2D eigenvalue weighted by Crippen LogP contribution is -2.54. The molecule has 3 heterocycles. The molecule has 0 unspecified atom stereocenters. The number of hydrogen-bond acceptors (Lipinski definition) is 6. The van der Waals surface area contributed by atoms with Gasteiger partial charge in [0.15, 0.2) is 0 Å². The number of carbonyl (C=O) groups excluding carboxylic acids is 3. The fourth-order valence-electron chi connectivity index (χ4n) is 6.87. The summed E-state index contributed by atoms with van der Waals surface area (Å²) in [5.74, 6) is -0.288. The van der Waals surface area contributed by atoms with Crippen molar-refractivity contribution >= 4 is 23.7 Å². The van der Waals surface area contributed by atoms with E-state index in [9.17, 15) is 27.6 Å². The second kappa shape index (κ2) is 14.9. The van der Waals surface area contributed by atoms with Crippen LogP contribution < -0.4 is 10.6 Å². The van der Waals surface area contributed by atoms with Crippen molar-refractivity contribution < 1.29 is 32.4 Å². The number of aryl methyl sites for hydroxylation is 1. The monoisotopic (exact) mass is 658 g/mol. The van der Waals surface area contributed by atoms with E-state index < -0.39 is 23.9 Å². The van der Waals surface area contributed by atoms with E-state index in [2.05, 4.69) is 15.5 Å². The number of anilines is 1. The molecule has 2 fully saturated rings. The van der Waals surface area contributed by atoms with Crippen molar-refractivity contribution in [1.82, 2.24) is 25.1 Å². The van der Waals surface area contributed by atoms with Gasteiger partial charge in [-0.1, -0.05) is 37.3 Å². The Morgan fingerprint density at radius 2 is 1.72 bits per heavy atom. The van der Waals surface area contributed by atoms with Gasteiger partial charge in [0.25, 0.3) is 0 Å². The Hall–Kier alpha value is -3.84. The SMILES string of the molecule is CCc1cc(C[C@@H](NC(=O)ON2CCC(N3CCc4ccccc4NC3=O)CC2)C(=O)N2CCC(N(C)C)CC2)ccc1C(F)(F)F. The Morgan fingerprint density at radius 1 is 1.02 bits per heavy atom.